The molecule has 1 aromatic heterocycles. The number of nitrogens with zero attached hydrogens (tertiary/aromatic N) is 1. The van der Waals surface area contributed by atoms with Crippen LogP contribution in [0.4, 0.5) is 0 Å². The quantitative estimate of drug-likeness (QED) is 0.810. The van der Waals surface area contributed by atoms with Crippen molar-refractivity contribution in [2.45, 2.75) is 25.9 Å². The lowest BCUT2D eigenvalue weighted by molar-refractivity contribution is 0.207. The van der Waals surface area contributed by atoms with Crippen molar-refractivity contribution in [2.75, 3.05) is 13.2 Å². The molecule has 2 aromatic rings. The fourth-order valence-corrected chi connectivity index (χ4v) is 2.53. The Balaban J connectivity index is 1.49. The molecule has 3 heteroatoms. The topological polar surface area (TPSA) is 37.2 Å². The van der Waals surface area contributed by atoms with Gasteiger partial charge in [-0.1, -0.05) is 30.3 Å². The predicted octanol–water partition coefficient (Wildman–Crippen LogP) is 2.40. The Morgan fingerprint density at radius 3 is 2.60 bits per heavy atom. The molecule has 1 aromatic carbocycles. The largest absolute Gasteiger partial charge is 0.396 e. The lowest BCUT2D eigenvalue weighted by Gasteiger charge is -2.11. The van der Waals surface area contributed by atoms with Crippen LogP contribution in [0.5, 0.6) is 0 Å². The molecule has 106 valence electrons. The first-order valence-corrected chi connectivity index (χ1v) is 7.30. The second-order valence-electron chi connectivity index (χ2n) is 5.94. The van der Waals surface area contributed by atoms with Crippen LogP contribution in [0.3, 0.4) is 0 Å². The van der Waals surface area contributed by atoms with Gasteiger partial charge in [-0.25, -0.2) is 0 Å². The highest BCUT2D eigenvalue weighted by atomic mass is 16.3. The van der Waals surface area contributed by atoms with Crippen LogP contribution in [-0.2, 0) is 13.1 Å². The average Bonchev–Trinajstić information content (AvgIpc) is 3.13. The second-order valence-corrected chi connectivity index (χ2v) is 5.94. The van der Waals surface area contributed by atoms with Crippen molar-refractivity contribution in [1.29, 1.82) is 0 Å². The third-order valence-corrected chi connectivity index (χ3v) is 4.14. The predicted molar refractivity (Wildman–Crippen MR) is 80.4 cm³/mol. The zero-order chi connectivity index (χ0) is 13.8. The van der Waals surface area contributed by atoms with Gasteiger partial charge in [-0.15, -0.1) is 0 Å². The number of nitrogens with one attached hydrogen (secondary N) is 1. The number of aliphatic hydroxyl groups is 1. The summed E-state index contributed by atoms with van der Waals surface area (Å²) in [7, 11) is 0. The van der Waals surface area contributed by atoms with Gasteiger partial charge in [-0.05, 0) is 30.0 Å². The molecule has 0 radical (unpaired) electrons. The fraction of sp³-hybridized carbons (Fsp3) is 0.412. The highest BCUT2D eigenvalue weighted by Crippen LogP contribution is 2.44. The molecule has 1 heterocycles. The Morgan fingerprint density at radius 1 is 1.10 bits per heavy atom. The van der Waals surface area contributed by atoms with Crippen molar-refractivity contribution in [1.82, 2.24) is 9.88 Å². The highest BCUT2D eigenvalue weighted by molar-refractivity contribution is 5.17. The van der Waals surface area contributed by atoms with Gasteiger partial charge in [-0.2, -0.15) is 0 Å². The molecule has 0 unspecified atom stereocenters. The standard InChI is InChI=1S/C17H22N2O/c20-14-17(7-8-17)13-18-10-16-6-9-19(12-16)11-15-4-2-1-3-5-15/h1-6,9,12,18,20H,7-8,10-11,13-14H2. The third-order valence-electron chi connectivity index (χ3n) is 4.14. The van der Waals surface area contributed by atoms with E-state index in [1.165, 1.54) is 11.1 Å². The first-order chi connectivity index (χ1) is 9.80. The van der Waals surface area contributed by atoms with E-state index in [-0.39, 0.29) is 5.41 Å². The van der Waals surface area contributed by atoms with E-state index in [0.29, 0.717) is 6.61 Å². The Kier molecular flexibility index (Phi) is 3.90. The Labute approximate surface area is 120 Å². The minimum Gasteiger partial charge on any atom is -0.396 e. The highest BCUT2D eigenvalue weighted by Gasteiger charge is 2.41. The van der Waals surface area contributed by atoms with E-state index in [0.717, 1.165) is 32.5 Å². The van der Waals surface area contributed by atoms with Gasteiger partial charge in [0.25, 0.3) is 0 Å². The lowest BCUT2D eigenvalue weighted by Crippen LogP contribution is -2.25. The fourth-order valence-electron chi connectivity index (χ4n) is 2.53. The number of aliphatic hydroxyl groups excluding tert-OH is 1. The molecule has 20 heavy (non-hydrogen) atoms. The molecule has 0 spiro atoms. The van der Waals surface area contributed by atoms with E-state index in [4.69, 9.17) is 0 Å². The van der Waals surface area contributed by atoms with E-state index in [2.05, 4.69) is 52.6 Å². The average molecular weight is 270 g/mol. The van der Waals surface area contributed by atoms with Crippen molar-refractivity contribution < 1.29 is 5.11 Å². The number of hydrogen-bond donors (Lipinski definition) is 2. The maximum absolute atomic E-state index is 9.28. The van der Waals surface area contributed by atoms with Crippen LogP contribution in [0.1, 0.15) is 24.0 Å². The summed E-state index contributed by atoms with van der Waals surface area (Å²) in [6, 6.07) is 12.7. The third kappa shape index (κ3) is 3.30. The van der Waals surface area contributed by atoms with E-state index in [1.807, 2.05) is 6.07 Å². The first-order valence-electron chi connectivity index (χ1n) is 7.30. The lowest BCUT2D eigenvalue weighted by atomic mass is 10.1. The SMILES string of the molecule is OCC1(CNCc2ccn(Cc3ccccc3)c2)CC1. The normalized spacial score (nSPS) is 16.2. The molecule has 0 saturated heterocycles. The van der Waals surface area contributed by atoms with Gasteiger partial charge in [0.05, 0.1) is 0 Å². The van der Waals surface area contributed by atoms with E-state index in [9.17, 15) is 5.11 Å². The maximum Gasteiger partial charge on any atom is 0.0499 e. The maximum atomic E-state index is 9.28. The van der Waals surface area contributed by atoms with Gasteiger partial charge in [0.1, 0.15) is 0 Å². The minimum absolute atomic E-state index is 0.187. The molecule has 1 saturated carbocycles. The van der Waals surface area contributed by atoms with Crippen LogP contribution >= 0.6 is 0 Å². The Bertz CT molecular complexity index is 543. The zero-order valence-corrected chi connectivity index (χ0v) is 11.8. The van der Waals surface area contributed by atoms with Crippen molar-refractivity contribution in [3.63, 3.8) is 0 Å². The molecule has 0 atom stereocenters. The molecule has 1 aliphatic carbocycles. The molecule has 2 N–H and O–H groups in total. The summed E-state index contributed by atoms with van der Waals surface area (Å²) in [5.41, 5.74) is 2.81. The summed E-state index contributed by atoms with van der Waals surface area (Å²) in [5.74, 6) is 0. The molecule has 1 aliphatic rings. The minimum atomic E-state index is 0.187. The molecule has 0 amide bonds. The van der Waals surface area contributed by atoms with E-state index >= 15 is 0 Å². The van der Waals surface area contributed by atoms with Gasteiger partial charge in [0.15, 0.2) is 0 Å². The molecule has 3 rings (SSSR count). The summed E-state index contributed by atoms with van der Waals surface area (Å²) in [5, 5.41) is 12.7. The summed E-state index contributed by atoms with van der Waals surface area (Å²) in [4.78, 5) is 0. The molecule has 1 fully saturated rings. The Hall–Kier alpha value is -1.58. The van der Waals surface area contributed by atoms with Gasteiger partial charge in [0.2, 0.25) is 0 Å². The molecule has 3 nitrogen and oxygen atoms in total. The van der Waals surface area contributed by atoms with E-state index in [1.54, 1.807) is 0 Å². The number of rotatable bonds is 7. The summed E-state index contributed by atoms with van der Waals surface area (Å²) < 4.78 is 2.21. The molecular weight excluding hydrogens is 248 g/mol. The van der Waals surface area contributed by atoms with Gasteiger partial charge < -0.3 is 15.0 Å². The number of benzene rings is 1. The Morgan fingerprint density at radius 2 is 1.90 bits per heavy atom. The monoisotopic (exact) mass is 270 g/mol. The number of hydrogen-bond acceptors (Lipinski definition) is 2. The summed E-state index contributed by atoms with van der Waals surface area (Å²) >= 11 is 0. The smallest absolute Gasteiger partial charge is 0.0499 e. The first kappa shape index (κ1) is 13.4. The number of aromatic nitrogens is 1. The van der Waals surface area contributed by atoms with Crippen molar-refractivity contribution in [3.8, 4) is 0 Å². The van der Waals surface area contributed by atoms with Gasteiger partial charge >= 0.3 is 0 Å². The van der Waals surface area contributed by atoms with Crippen LogP contribution in [0, 0.1) is 5.41 Å². The van der Waals surface area contributed by atoms with Gasteiger partial charge in [-0.3, -0.25) is 0 Å². The van der Waals surface area contributed by atoms with Crippen LogP contribution in [-0.4, -0.2) is 22.8 Å². The van der Waals surface area contributed by atoms with Crippen molar-refractivity contribution >= 4 is 0 Å². The second kappa shape index (κ2) is 5.81. The summed E-state index contributed by atoms with van der Waals surface area (Å²) in [6.45, 7) is 3.04. The van der Waals surface area contributed by atoms with E-state index < -0.39 is 0 Å². The molecule has 0 aliphatic heterocycles. The summed E-state index contributed by atoms with van der Waals surface area (Å²) in [6.07, 6.45) is 6.64. The van der Waals surface area contributed by atoms with Gasteiger partial charge in [0, 0.05) is 44.0 Å². The molecular formula is C17H22N2O. The van der Waals surface area contributed by atoms with Crippen LogP contribution < -0.4 is 5.32 Å². The van der Waals surface area contributed by atoms with Crippen LogP contribution in [0.25, 0.3) is 0 Å². The van der Waals surface area contributed by atoms with Crippen LogP contribution in [0.2, 0.25) is 0 Å². The molecule has 0 bridgehead atoms. The van der Waals surface area contributed by atoms with Crippen LogP contribution in [0.15, 0.2) is 48.8 Å². The van der Waals surface area contributed by atoms with Crippen molar-refractivity contribution in [2.24, 2.45) is 5.41 Å². The zero-order valence-electron chi connectivity index (χ0n) is 11.8. The van der Waals surface area contributed by atoms with Crippen molar-refractivity contribution in [3.05, 3.63) is 59.9 Å².